The Labute approximate surface area is 139 Å². The maximum absolute atomic E-state index is 13.1. The monoisotopic (exact) mass is 324 g/mol. The first kappa shape index (κ1) is 15.9. The summed E-state index contributed by atoms with van der Waals surface area (Å²) in [5.41, 5.74) is 2.77. The minimum atomic E-state index is -0.313. The molecule has 0 aliphatic rings. The van der Waals surface area contributed by atoms with Crippen LogP contribution in [0.3, 0.4) is 0 Å². The summed E-state index contributed by atoms with van der Waals surface area (Å²) in [4.78, 5) is 16.8. The Morgan fingerprint density at radius 2 is 1.96 bits per heavy atom. The molecular formula is C18H17FN4O. The van der Waals surface area contributed by atoms with Crippen LogP contribution in [0.1, 0.15) is 28.7 Å². The van der Waals surface area contributed by atoms with E-state index >= 15 is 0 Å². The second-order valence-electron chi connectivity index (χ2n) is 5.37. The molecule has 24 heavy (non-hydrogen) atoms. The lowest BCUT2D eigenvalue weighted by Gasteiger charge is -2.08. The van der Waals surface area contributed by atoms with Gasteiger partial charge in [0.2, 0.25) is 0 Å². The van der Waals surface area contributed by atoms with Gasteiger partial charge in [-0.05, 0) is 49.7 Å². The van der Waals surface area contributed by atoms with E-state index < -0.39 is 0 Å². The van der Waals surface area contributed by atoms with Gasteiger partial charge in [-0.3, -0.25) is 4.79 Å². The van der Waals surface area contributed by atoms with Crippen molar-refractivity contribution in [3.8, 4) is 5.69 Å². The van der Waals surface area contributed by atoms with Gasteiger partial charge in [0.15, 0.2) is 0 Å². The zero-order valence-corrected chi connectivity index (χ0v) is 13.5. The van der Waals surface area contributed by atoms with Gasteiger partial charge in [0.1, 0.15) is 11.6 Å². The Morgan fingerprint density at radius 1 is 1.21 bits per heavy atom. The highest BCUT2D eigenvalue weighted by Crippen LogP contribution is 2.17. The molecule has 3 aromatic rings. The number of halogens is 1. The van der Waals surface area contributed by atoms with Crippen molar-refractivity contribution in [2.24, 2.45) is 0 Å². The van der Waals surface area contributed by atoms with E-state index in [-0.39, 0.29) is 11.7 Å². The molecule has 1 aromatic carbocycles. The molecule has 3 rings (SSSR count). The van der Waals surface area contributed by atoms with Crippen LogP contribution in [0, 0.1) is 12.7 Å². The molecule has 1 N–H and O–H groups in total. The van der Waals surface area contributed by atoms with E-state index in [1.54, 1.807) is 22.9 Å². The highest BCUT2D eigenvalue weighted by atomic mass is 19.1. The topological polar surface area (TPSA) is 59.8 Å². The van der Waals surface area contributed by atoms with Crippen LogP contribution in [0.2, 0.25) is 0 Å². The van der Waals surface area contributed by atoms with Crippen molar-refractivity contribution >= 4 is 11.7 Å². The fraction of sp³-hybridized carbons (Fsp3) is 0.167. The summed E-state index contributed by atoms with van der Waals surface area (Å²) in [6, 6.07) is 11.4. The third kappa shape index (κ3) is 3.17. The van der Waals surface area contributed by atoms with Crippen molar-refractivity contribution in [3.05, 3.63) is 71.4 Å². The summed E-state index contributed by atoms with van der Waals surface area (Å²) in [5.74, 6) is -0.0812. The van der Waals surface area contributed by atoms with Gasteiger partial charge >= 0.3 is 0 Å². The molecule has 0 spiro atoms. The van der Waals surface area contributed by atoms with Gasteiger partial charge in [-0.2, -0.15) is 5.10 Å². The number of nitrogens with one attached hydrogen (secondary N) is 1. The number of aryl methyl sites for hydroxylation is 1. The average Bonchev–Trinajstić information content (AvgIpc) is 2.99. The smallest absolute Gasteiger partial charge is 0.260 e. The molecule has 0 bridgehead atoms. The Bertz CT molecular complexity index is 871. The number of hydrogen-bond donors (Lipinski definition) is 1. The fourth-order valence-electron chi connectivity index (χ4n) is 2.50. The molecular weight excluding hydrogens is 307 g/mol. The van der Waals surface area contributed by atoms with E-state index in [1.807, 2.05) is 26.0 Å². The second-order valence-corrected chi connectivity index (χ2v) is 5.37. The molecule has 0 saturated carbocycles. The summed E-state index contributed by atoms with van der Waals surface area (Å²) in [6.45, 7) is 3.80. The normalized spacial score (nSPS) is 10.6. The SMILES string of the molecule is CCc1c(C(=O)Nc2cccc(C)n2)cnn1-c1ccc(F)cc1. The van der Waals surface area contributed by atoms with Gasteiger partial charge in [0.25, 0.3) is 5.91 Å². The van der Waals surface area contributed by atoms with Crippen molar-refractivity contribution in [2.45, 2.75) is 20.3 Å². The Morgan fingerprint density at radius 3 is 2.62 bits per heavy atom. The Balaban J connectivity index is 1.91. The number of rotatable bonds is 4. The average molecular weight is 324 g/mol. The zero-order valence-electron chi connectivity index (χ0n) is 13.5. The van der Waals surface area contributed by atoms with Gasteiger partial charge in [0.05, 0.1) is 23.1 Å². The molecule has 0 unspecified atom stereocenters. The number of pyridine rings is 1. The van der Waals surface area contributed by atoms with Gasteiger partial charge < -0.3 is 5.32 Å². The predicted octanol–water partition coefficient (Wildman–Crippen LogP) is 3.53. The Kier molecular flexibility index (Phi) is 4.37. The number of anilines is 1. The van der Waals surface area contributed by atoms with Crippen LogP contribution < -0.4 is 5.32 Å². The lowest BCUT2D eigenvalue weighted by molar-refractivity contribution is 0.102. The number of amides is 1. The summed E-state index contributed by atoms with van der Waals surface area (Å²) in [5, 5.41) is 7.06. The number of hydrogen-bond acceptors (Lipinski definition) is 3. The van der Waals surface area contributed by atoms with Crippen LogP contribution in [0.15, 0.2) is 48.7 Å². The molecule has 5 nitrogen and oxygen atoms in total. The molecule has 2 heterocycles. The summed E-state index contributed by atoms with van der Waals surface area (Å²) in [6.07, 6.45) is 2.13. The zero-order chi connectivity index (χ0) is 17.1. The molecule has 1 amide bonds. The van der Waals surface area contributed by atoms with Crippen LogP contribution in [0.5, 0.6) is 0 Å². The molecule has 0 aliphatic carbocycles. The number of carbonyl (C=O) groups is 1. The third-order valence-corrected chi connectivity index (χ3v) is 3.65. The van der Waals surface area contributed by atoms with Crippen LogP contribution >= 0.6 is 0 Å². The van der Waals surface area contributed by atoms with E-state index in [0.29, 0.717) is 23.5 Å². The van der Waals surface area contributed by atoms with E-state index in [1.165, 1.54) is 18.3 Å². The maximum atomic E-state index is 13.1. The van der Waals surface area contributed by atoms with E-state index in [2.05, 4.69) is 15.4 Å². The minimum Gasteiger partial charge on any atom is -0.306 e. The maximum Gasteiger partial charge on any atom is 0.260 e. The van der Waals surface area contributed by atoms with Crippen LogP contribution in [0.4, 0.5) is 10.2 Å². The first-order valence-corrected chi connectivity index (χ1v) is 7.66. The highest BCUT2D eigenvalue weighted by Gasteiger charge is 2.17. The highest BCUT2D eigenvalue weighted by molar-refractivity contribution is 6.04. The summed E-state index contributed by atoms with van der Waals surface area (Å²) >= 11 is 0. The molecule has 0 aliphatic heterocycles. The number of carbonyl (C=O) groups excluding carboxylic acids is 1. The van der Waals surface area contributed by atoms with Gasteiger partial charge in [-0.1, -0.05) is 13.0 Å². The van der Waals surface area contributed by atoms with E-state index in [9.17, 15) is 9.18 Å². The van der Waals surface area contributed by atoms with Crippen molar-refractivity contribution < 1.29 is 9.18 Å². The molecule has 6 heteroatoms. The van der Waals surface area contributed by atoms with Crippen LogP contribution in [-0.2, 0) is 6.42 Å². The summed E-state index contributed by atoms with van der Waals surface area (Å²) in [7, 11) is 0. The van der Waals surface area contributed by atoms with Gasteiger partial charge in [-0.25, -0.2) is 14.1 Å². The molecule has 2 aromatic heterocycles. The largest absolute Gasteiger partial charge is 0.306 e. The standard InChI is InChI=1S/C18H17FN4O/c1-3-16-15(18(24)22-17-6-4-5-12(2)21-17)11-20-23(16)14-9-7-13(19)8-10-14/h4-11H,3H2,1-2H3,(H,21,22,24). The molecule has 0 fully saturated rings. The molecule has 0 saturated heterocycles. The number of nitrogens with zero attached hydrogens (tertiary/aromatic N) is 3. The van der Waals surface area contributed by atoms with Gasteiger partial charge in [0, 0.05) is 5.69 Å². The van der Waals surface area contributed by atoms with Crippen molar-refractivity contribution in [1.82, 2.24) is 14.8 Å². The van der Waals surface area contributed by atoms with Crippen LogP contribution in [-0.4, -0.2) is 20.7 Å². The first-order valence-electron chi connectivity index (χ1n) is 7.66. The molecule has 0 radical (unpaired) electrons. The second kappa shape index (κ2) is 6.62. The van der Waals surface area contributed by atoms with E-state index in [0.717, 1.165) is 11.4 Å². The lowest BCUT2D eigenvalue weighted by atomic mass is 10.2. The quantitative estimate of drug-likeness (QED) is 0.798. The van der Waals surface area contributed by atoms with Crippen molar-refractivity contribution in [3.63, 3.8) is 0 Å². The Hall–Kier alpha value is -3.02. The minimum absolute atomic E-state index is 0.265. The molecule has 0 atom stereocenters. The number of aromatic nitrogens is 3. The summed E-state index contributed by atoms with van der Waals surface area (Å²) < 4.78 is 14.7. The van der Waals surface area contributed by atoms with Crippen molar-refractivity contribution in [1.29, 1.82) is 0 Å². The predicted molar refractivity (Wildman–Crippen MR) is 89.8 cm³/mol. The third-order valence-electron chi connectivity index (χ3n) is 3.65. The van der Waals surface area contributed by atoms with Crippen LogP contribution in [0.25, 0.3) is 5.69 Å². The fourth-order valence-corrected chi connectivity index (χ4v) is 2.50. The molecule has 122 valence electrons. The lowest BCUT2D eigenvalue weighted by Crippen LogP contribution is -2.15. The van der Waals surface area contributed by atoms with E-state index in [4.69, 9.17) is 0 Å². The van der Waals surface area contributed by atoms with Crippen molar-refractivity contribution in [2.75, 3.05) is 5.32 Å². The van der Waals surface area contributed by atoms with Gasteiger partial charge in [-0.15, -0.1) is 0 Å². The first-order chi connectivity index (χ1) is 11.6. The number of benzene rings is 1.